The van der Waals surface area contributed by atoms with Gasteiger partial charge >= 0.3 is 5.97 Å². The van der Waals surface area contributed by atoms with Crippen molar-refractivity contribution in [1.29, 1.82) is 0 Å². The molecule has 1 unspecified atom stereocenters. The second kappa shape index (κ2) is 5.57. The number of hydrogen-bond acceptors (Lipinski definition) is 2. The summed E-state index contributed by atoms with van der Waals surface area (Å²) in [6.07, 6.45) is 2.25. The first-order chi connectivity index (χ1) is 9.29. The Hall–Kier alpha value is -1.35. The highest BCUT2D eigenvalue weighted by Crippen LogP contribution is 2.34. The van der Waals surface area contributed by atoms with Crippen molar-refractivity contribution in [2.24, 2.45) is 0 Å². The molecule has 1 N–H and O–H groups in total. The molecule has 0 aromatic heterocycles. The van der Waals surface area contributed by atoms with Crippen LogP contribution in [0.25, 0.3) is 0 Å². The van der Waals surface area contributed by atoms with Crippen molar-refractivity contribution in [1.82, 2.24) is 4.90 Å². The monoisotopic (exact) mass is 275 g/mol. The predicted octanol–water partition coefficient (Wildman–Crippen LogP) is 3.59. The molecule has 0 radical (unpaired) electrons. The summed E-state index contributed by atoms with van der Waals surface area (Å²) in [4.78, 5) is 13.1. The zero-order valence-corrected chi connectivity index (χ0v) is 12.9. The minimum atomic E-state index is -0.741. The Morgan fingerprint density at radius 2 is 1.85 bits per heavy atom. The molecule has 1 aromatic carbocycles. The molecule has 110 valence electrons. The van der Waals surface area contributed by atoms with E-state index in [1.165, 1.54) is 11.1 Å². The summed E-state index contributed by atoms with van der Waals surface area (Å²) in [6.45, 7) is 8.84. The number of carboxylic acid groups (broad SMARTS) is 1. The van der Waals surface area contributed by atoms with E-state index in [9.17, 15) is 4.79 Å². The summed E-state index contributed by atoms with van der Waals surface area (Å²) in [5.41, 5.74) is 2.66. The molecule has 3 heteroatoms. The third-order valence-corrected chi connectivity index (χ3v) is 4.09. The van der Waals surface area contributed by atoms with Crippen LogP contribution in [0.1, 0.15) is 57.7 Å². The van der Waals surface area contributed by atoms with Gasteiger partial charge in [0, 0.05) is 12.1 Å². The van der Waals surface area contributed by atoms with E-state index in [0.717, 1.165) is 12.8 Å². The zero-order chi connectivity index (χ0) is 14.9. The van der Waals surface area contributed by atoms with E-state index < -0.39 is 5.97 Å². The maximum Gasteiger partial charge on any atom is 0.317 e. The van der Waals surface area contributed by atoms with Crippen molar-refractivity contribution < 1.29 is 9.90 Å². The van der Waals surface area contributed by atoms with E-state index in [1.54, 1.807) is 0 Å². The van der Waals surface area contributed by atoms with Crippen LogP contribution < -0.4 is 0 Å². The molecule has 2 rings (SSSR count). The number of benzene rings is 1. The third kappa shape index (κ3) is 3.60. The second-order valence-corrected chi connectivity index (χ2v) is 6.85. The van der Waals surface area contributed by atoms with Crippen LogP contribution in [0.5, 0.6) is 0 Å². The lowest BCUT2D eigenvalue weighted by molar-refractivity contribution is -0.139. The van der Waals surface area contributed by atoms with E-state index in [-0.39, 0.29) is 18.0 Å². The highest BCUT2D eigenvalue weighted by molar-refractivity contribution is 5.69. The van der Waals surface area contributed by atoms with Crippen LogP contribution >= 0.6 is 0 Å². The summed E-state index contributed by atoms with van der Waals surface area (Å²) in [7, 11) is 0. The topological polar surface area (TPSA) is 40.5 Å². The van der Waals surface area contributed by atoms with Crippen LogP contribution in [-0.2, 0) is 10.2 Å². The van der Waals surface area contributed by atoms with Gasteiger partial charge in [0.05, 0.1) is 6.54 Å². The number of carbonyl (C=O) groups is 1. The number of hydrogen-bond donors (Lipinski definition) is 1. The van der Waals surface area contributed by atoms with Gasteiger partial charge in [0.2, 0.25) is 0 Å². The lowest BCUT2D eigenvalue weighted by Crippen LogP contribution is -2.34. The molecule has 1 saturated carbocycles. The fourth-order valence-electron chi connectivity index (χ4n) is 2.60. The van der Waals surface area contributed by atoms with Gasteiger partial charge < -0.3 is 5.11 Å². The molecule has 1 fully saturated rings. The van der Waals surface area contributed by atoms with Crippen molar-refractivity contribution >= 4 is 5.97 Å². The van der Waals surface area contributed by atoms with Gasteiger partial charge in [-0.15, -0.1) is 0 Å². The Morgan fingerprint density at radius 1 is 1.30 bits per heavy atom. The first-order valence-corrected chi connectivity index (χ1v) is 7.37. The molecule has 1 aromatic rings. The van der Waals surface area contributed by atoms with E-state index in [4.69, 9.17) is 5.11 Å². The highest BCUT2D eigenvalue weighted by atomic mass is 16.4. The Labute approximate surface area is 121 Å². The smallest absolute Gasteiger partial charge is 0.317 e. The zero-order valence-electron chi connectivity index (χ0n) is 12.9. The molecule has 0 amide bonds. The average molecular weight is 275 g/mol. The standard InChI is InChI=1S/C17H25NO2/c1-12(18(11-16(19)20)15-9-10-15)13-5-7-14(8-6-13)17(2,3)4/h5-8,12,15H,9-11H2,1-4H3,(H,19,20). The van der Waals surface area contributed by atoms with Gasteiger partial charge in [0.25, 0.3) is 0 Å². The molecular weight excluding hydrogens is 250 g/mol. The molecule has 1 atom stereocenters. The van der Waals surface area contributed by atoms with Crippen molar-refractivity contribution in [2.75, 3.05) is 6.54 Å². The first-order valence-electron chi connectivity index (χ1n) is 7.37. The molecule has 1 aliphatic carbocycles. The van der Waals surface area contributed by atoms with Crippen molar-refractivity contribution in [3.63, 3.8) is 0 Å². The van der Waals surface area contributed by atoms with Gasteiger partial charge in [-0.2, -0.15) is 0 Å². The van der Waals surface area contributed by atoms with Crippen LogP contribution in [0.3, 0.4) is 0 Å². The van der Waals surface area contributed by atoms with Gasteiger partial charge in [0.15, 0.2) is 0 Å². The SMILES string of the molecule is CC(c1ccc(C(C)(C)C)cc1)N(CC(=O)O)C1CC1. The summed E-state index contributed by atoms with van der Waals surface area (Å²) in [5.74, 6) is -0.741. The molecule has 1 aliphatic rings. The number of aliphatic carboxylic acids is 1. The van der Waals surface area contributed by atoms with Crippen LogP contribution in [0.15, 0.2) is 24.3 Å². The normalized spacial score (nSPS) is 17.2. The second-order valence-electron chi connectivity index (χ2n) is 6.85. The fraction of sp³-hybridized carbons (Fsp3) is 0.588. The van der Waals surface area contributed by atoms with Gasteiger partial charge in [-0.3, -0.25) is 9.69 Å². The largest absolute Gasteiger partial charge is 0.480 e. The number of nitrogens with zero attached hydrogens (tertiary/aromatic N) is 1. The number of rotatable bonds is 5. The Morgan fingerprint density at radius 3 is 2.25 bits per heavy atom. The quantitative estimate of drug-likeness (QED) is 0.892. The molecule has 0 aliphatic heterocycles. The predicted molar refractivity (Wildman–Crippen MR) is 80.9 cm³/mol. The van der Waals surface area contributed by atoms with Gasteiger partial charge in [-0.1, -0.05) is 45.0 Å². The highest BCUT2D eigenvalue weighted by Gasteiger charge is 2.34. The molecule has 0 saturated heterocycles. The molecular formula is C17H25NO2. The Kier molecular flexibility index (Phi) is 4.19. The summed E-state index contributed by atoms with van der Waals surface area (Å²) < 4.78 is 0. The average Bonchev–Trinajstić information content (AvgIpc) is 3.18. The van der Waals surface area contributed by atoms with E-state index in [0.29, 0.717) is 6.04 Å². The lowest BCUT2D eigenvalue weighted by Gasteiger charge is -2.28. The maximum absolute atomic E-state index is 11.0. The Bertz CT molecular complexity index is 469. The Balaban J connectivity index is 2.14. The van der Waals surface area contributed by atoms with Gasteiger partial charge in [0.1, 0.15) is 0 Å². The summed E-state index contributed by atoms with van der Waals surface area (Å²) in [6, 6.07) is 9.22. The van der Waals surface area contributed by atoms with E-state index in [2.05, 4.69) is 56.9 Å². The van der Waals surface area contributed by atoms with Gasteiger partial charge in [-0.05, 0) is 36.3 Å². The minimum Gasteiger partial charge on any atom is -0.480 e. The van der Waals surface area contributed by atoms with Crippen LogP contribution in [0, 0.1) is 0 Å². The minimum absolute atomic E-state index is 0.132. The molecule has 0 spiro atoms. The fourth-order valence-corrected chi connectivity index (χ4v) is 2.60. The van der Waals surface area contributed by atoms with Crippen LogP contribution in [0.2, 0.25) is 0 Å². The third-order valence-electron chi connectivity index (χ3n) is 4.09. The summed E-state index contributed by atoms with van der Waals surface area (Å²) >= 11 is 0. The van der Waals surface area contributed by atoms with E-state index >= 15 is 0 Å². The first kappa shape index (κ1) is 15.0. The van der Waals surface area contributed by atoms with Crippen molar-refractivity contribution in [3.8, 4) is 0 Å². The van der Waals surface area contributed by atoms with Gasteiger partial charge in [-0.25, -0.2) is 0 Å². The number of carboxylic acids is 1. The van der Waals surface area contributed by atoms with Crippen LogP contribution in [0.4, 0.5) is 0 Å². The lowest BCUT2D eigenvalue weighted by atomic mass is 9.86. The molecule has 0 bridgehead atoms. The molecule has 20 heavy (non-hydrogen) atoms. The van der Waals surface area contributed by atoms with Crippen molar-refractivity contribution in [3.05, 3.63) is 35.4 Å². The van der Waals surface area contributed by atoms with Crippen LogP contribution in [-0.4, -0.2) is 28.6 Å². The molecule has 0 heterocycles. The summed E-state index contributed by atoms with van der Waals surface area (Å²) in [5, 5.41) is 9.07. The van der Waals surface area contributed by atoms with E-state index in [1.807, 2.05) is 0 Å². The maximum atomic E-state index is 11.0. The van der Waals surface area contributed by atoms with Crippen molar-refractivity contribution in [2.45, 2.75) is 58.0 Å². The molecule has 3 nitrogen and oxygen atoms in total.